The molecule has 0 aliphatic rings. The summed E-state index contributed by atoms with van der Waals surface area (Å²) in [4.78, 5) is 16.2. The lowest BCUT2D eigenvalue weighted by Crippen LogP contribution is -2.37. The van der Waals surface area contributed by atoms with Gasteiger partial charge in [0.05, 0.1) is 13.2 Å². The fourth-order valence-electron chi connectivity index (χ4n) is 1.18. The van der Waals surface area contributed by atoms with Gasteiger partial charge in [0.25, 0.3) is 0 Å². The van der Waals surface area contributed by atoms with Crippen molar-refractivity contribution in [1.82, 2.24) is 10.4 Å². The molecule has 0 spiro atoms. The van der Waals surface area contributed by atoms with Crippen LogP contribution in [0.25, 0.3) is 0 Å². The van der Waals surface area contributed by atoms with Crippen LogP contribution in [-0.4, -0.2) is 25.3 Å². The highest BCUT2D eigenvalue weighted by atomic mass is 16.7. The summed E-state index contributed by atoms with van der Waals surface area (Å²) >= 11 is 0. The fourth-order valence-corrected chi connectivity index (χ4v) is 1.18. The van der Waals surface area contributed by atoms with E-state index < -0.39 is 0 Å². The highest BCUT2D eigenvalue weighted by Gasteiger charge is 2.12. The Kier molecular flexibility index (Phi) is 4.12. The van der Waals surface area contributed by atoms with E-state index in [9.17, 15) is 4.79 Å². The van der Waals surface area contributed by atoms with E-state index in [1.54, 1.807) is 7.05 Å². The Bertz CT molecular complexity index is 314. The van der Waals surface area contributed by atoms with Gasteiger partial charge in [0.1, 0.15) is 0 Å². The summed E-state index contributed by atoms with van der Waals surface area (Å²) in [5.74, 6) is 0. The van der Waals surface area contributed by atoms with Crippen LogP contribution < -0.4 is 5.32 Å². The number of nitrogens with one attached hydrogen (secondary N) is 1. The standard InChI is InChI=1S/C11H16N2O2/c1-9(10-7-5-4-6-8-10)12-11(14)13(2)15-3/h4-9H,1-3H3,(H,12,14). The minimum absolute atomic E-state index is 0.0312. The van der Waals surface area contributed by atoms with Gasteiger partial charge in [-0.15, -0.1) is 0 Å². The van der Waals surface area contributed by atoms with Crippen molar-refractivity contribution in [2.45, 2.75) is 13.0 Å². The van der Waals surface area contributed by atoms with Crippen molar-refractivity contribution in [3.8, 4) is 0 Å². The van der Waals surface area contributed by atoms with Gasteiger partial charge in [-0.2, -0.15) is 0 Å². The summed E-state index contributed by atoms with van der Waals surface area (Å²) in [6.07, 6.45) is 0. The summed E-state index contributed by atoms with van der Waals surface area (Å²) < 4.78 is 0. The number of carbonyl (C=O) groups is 1. The molecule has 15 heavy (non-hydrogen) atoms. The third-order valence-corrected chi connectivity index (χ3v) is 2.20. The Balaban J connectivity index is 2.56. The minimum Gasteiger partial charge on any atom is -0.330 e. The summed E-state index contributed by atoms with van der Waals surface area (Å²) in [5.41, 5.74) is 1.07. The molecule has 0 saturated heterocycles. The maximum absolute atomic E-state index is 11.4. The number of benzene rings is 1. The number of urea groups is 1. The minimum atomic E-state index is -0.256. The molecule has 4 nitrogen and oxygen atoms in total. The van der Waals surface area contributed by atoms with Crippen molar-refractivity contribution >= 4 is 6.03 Å². The first-order chi connectivity index (χ1) is 7.15. The van der Waals surface area contributed by atoms with Crippen LogP contribution in [0.15, 0.2) is 30.3 Å². The maximum atomic E-state index is 11.4. The number of nitrogens with zero attached hydrogens (tertiary/aromatic N) is 1. The van der Waals surface area contributed by atoms with Crippen molar-refractivity contribution in [2.24, 2.45) is 0 Å². The molecule has 1 N–H and O–H groups in total. The monoisotopic (exact) mass is 208 g/mol. The van der Waals surface area contributed by atoms with Crippen LogP contribution in [0.2, 0.25) is 0 Å². The van der Waals surface area contributed by atoms with E-state index >= 15 is 0 Å². The van der Waals surface area contributed by atoms with Crippen molar-refractivity contribution in [2.75, 3.05) is 14.2 Å². The van der Waals surface area contributed by atoms with Gasteiger partial charge in [0, 0.05) is 7.05 Å². The maximum Gasteiger partial charge on any atom is 0.341 e. The Morgan fingerprint density at radius 1 is 1.40 bits per heavy atom. The van der Waals surface area contributed by atoms with Crippen molar-refractivity contribution in [1.29, 1.82) is 0 Å². The van der Waals surface area contributed by atoms with Gasteiger partial charge in [-0.1, -0.05) is 30.3 Å². The molecule has 1 unspecified atom stereocenters. The first kappa shape index (κ1) is 11.5. The number of amides is 2. The molecule has 0 aliphatic carbocycles. The lowest BCUT2D eigenvalue weighted by atomic mass is 10.1. The average Bonchev–Trinajstić information content (AvgIpc) is 2.29. The molecule has 82 valence electrons. The molecular weight excluding hydrogens is 192 g/mol. The van der Waals surface area contributed by atoms with E-state index in [-0.39, 0.29) is 12.1 Å². The van der Waals surface area contributed by atoms with Crippen LogP contribution >= 0.6 is 0 Å². The Morgan fingerprint density at radius 2 is 2.00 bits per heavy atom. The number of rotatable bonds is 3. The number of carbonyl (C=O) groups excluding carboxylic acids is 1. The van der Waals surface area contributed by atoms with Gasteiger partial charge in [0.15, 0.2) is 0 Å². The van der Waals surface area contributed by atoms with Crippen molar-refractivity contribution < 1.29 is 9.63 Å². The van der Waals surface area contributed by atoms with Crippen LogP contribution in [0.3, 0.4) is 0 Å². The zero-order chi connectivity index (χ0) is 11.3. The third kappa shape index (κ3) is 3.25. The van der Waals surface area contributed by atoms with E-state index in [4.69, 9.17) is 4.84 Å². The molecule has 0 bridgehead atoms. The van der Waals surface area contributed by atoms with E-state index in [0.29, 0.717) is 0 Å². The van der Waals surface area contributed by atoms with Crippen LogP contribution in [0, 0.1) is 0 Å². The van der Waals surface area contributed by atoms with Crippen molar-refractivity contribution in [3.63, 3.8) is 0 Å². The second kappa shape index (κ2) is 5.36. The summed E-state index contributed by atoms with van der Waals surface area (Å²) in [5, 5.41) is 3.96. The molecule has 0 fully saturated rings. The second-order valence-corrected chi connectivity index (χ2v) is 3.26. The zero-order valence-electron chi connectivity index (χ0n) is 9.23. The second-order valence-electron chi connectivity index (χ2n) is 3.26. The molecular formula is C11H16N2O2. The number of hydrogen-bond acceptors (Lipinski definition) is 2. The van der Waals surface area contributed by atoms with Gasteiger partial charge in [-0.3, -0.25) is 4.84 Å². The van der Waals surface area contributed by atoms with Crippen LogP contribution in [-0.2, 0) is 4.84 Å². The first-order valence-corrected chi connectivity index (χ1v) is 4.78. The van der Waals surface area contributed by atoms with E-state index in [1.165, 1.54) is 7.11 Å². The molecule has 0 aromatic heterocycles. The summed E-state index contributed by atoms with van der Waals surface area (Å²) in [6, 6.07) is 9.48. The lowest BCUT2D eigenvalue weighted by Gasteiger charge is -2.19. The van der Waals surface area contributed by atoms with E-state index in [1.807, 2.05) is 37.3 Å². The molecule has 1 atom stereocenters. The summed E-state index contributed by atoms with van der Waals surface area (Å²) in [7, 11) is 3.01. The average molecular weight is 208 g/mol. The predicted octanol–water partition coefficient (Wildman–Crippen LogP) is 1.95. The van der Waals surface area contributed by atoms with E-state index in [0.717, 1.165) is 10.6 Å². The van der Waals surface area contributed by atoms with Crippen LogP contribution in [0.4, 0.5) is 4.79 Å². The summed E-state index contributed by atoms with van der Waals surface area (Å²) in [6.45, 7) is 1.93. The molecule has 1 rings (SSSR count). The first-order valence-electron chi connectivity index (χ1n) is 4.78. The Morgan fingerprint density at radius 3 is 2.53 bits per heavy atom. The molecule has 0 radical (unpaired) electrons. The fraction of sp³-hybridized carbons (Fsp3) is 0.364. The normalized spacial score (nSPS) is 11.9. The van der Waals surface area contributed by atoms with Crippen molar-refractivity contribution in [3.05, 3.63) is 35.9 Å². The molecule has 0 saturated carbocycles. The van der Waals surface area contributed by atoms with Gasteiger partial charge < -0.3 is 5.32 Å². The van der Waals surface area contributed by atoms with Gasteiger partial charge in [0.2, 0.25) is 0 Å². The Labute approximate surface area is 89.8 Å². The highest BCUT2D eigenvalue weighted by Crippen LogP contribution is 2.11. The molecule has 0 heterocycles. The zero-order valence-corrected chi connectivity index (χ0v) is 9.23. The van der Waals surface area contributed by atoms with Crippen LogP contribution in [0.5, 0.6) is 0 Å². The van der Waals surface area contributed by atoms with E-state index in [2.05, 4.69) is 5.32 Å². The van der Waals surface area contributed by atoms with Crippen LogP contribution in [0.1, 0.15) is 18.5 Å². The lowest BCUT2D eigenvalue weighted by molar-refractivity contribution is -0.0654. The molecule has 1 aromatic rings. The molecule has 4 heteroatoms. The third-order valence-electron chi connectivity index (χ3n) is 2.20. The molecule has 2 amide bonds. The largest absolute Gasteiger partial charge is 0.341 e. The topological polar surface area (TPSA) is 41.6 Å². The Hall–Kier alpha value is -1.55. The number of hydrogen-bond donors (Lipinski definition) is 1. The van der Waals surface area contributed by atoms with Gasteiger partial charge >= 0.3 is 6.03 Å². The molecule has 1 aromatic carbocycles. The number of hydroxylamine groups is 2. The predicted molar refractivity (Wildman–Crippen MR) is 58.2 cm³/mol. The van der Waals surface area contributed by atoms with Gasteiger partial charge in [-0.05, 0) is 12.5 Å². The SMILES string of the molecule is CON(C)C(=O)NC(C)c1ccccc1. The highest BCUT2D eigenvalue weighted by molar-refractivity contribution is 5.73. The molecule has 0 aliphatic heterocycles. The quantitative estimate of drug-likeness (QED) is 0.771. The smallest absolute Gasteiger partial charge is 0.330 e. The van der Waals surface area contributed by atoms with Gasteiger partial charge in [-0.25, -0.2) is 9.86 Å².